The van der Waals surface area contributed by atoms with Gasteiger partial charge in [-0.2, -0.15) is 0 Å². The molecule has 0 radical (unpaired) electrons. The summed E-state index contributed by atoms with van der Waals surface area (Å²) < 4.78 is 5.26. The van der Waals surface area contributed by atoms with Crippen LogP contribution in [0.1, 0.15) is 11.1 Å². The summed E-state index contributed by atoms with van der Waals surface area (Å²) in [6.45, 7) is 0. The zero-order valence-electron chi connectivity index (χ0n) is 13.1. The number of rotatable bonds is 3. The summed E-state index contributed by atoms with van der Waals surface area (Å²) in [6, 6.07) is 12.6. The zero-order valence-corrected chi connectivity index (χ0v) is 14.6. The van der Waals surface area contributed by atoms with Crippen LogP contribution < -0.4 is 4.90 Å². The summed E-state index contributed by atoms with van der Waals surface area (Å²) in [4.78, 5) is 18.3. The summed E-state index contributed by atoms with van der Waals surface area (Å²) >= 11 is 12.0. The van der Waals surface area contributed by atoms with Gasteiger partial charge in [0, 0.05) is 35.4 Å². The number of aliphatic imine (C=N–C) groups is 1. The first kappa shape index (κ1) is 16.6. The van der Waals surface area contributed by atoms with Crippen LogP contribution in [0.3, 0.4) is 0 Å². The highest BCUT2D eigenvalue weighted by atomic mass is 35.5. The van der Waals surface area contributed by atoms with Crippen molar-refractivity contribution in [2.45, 2.75) is 0 Å². The van der Waals surface area contributed by atoms with E-state index in [0.29, 0.717) is 15.6 Å². The summed E-state index contributed by atoms with van der Waals surface area (Å²) in [5, 5.41) is 0.975. The molecule has 0 spiro atoms. The first-order chi connectivity index (χ1) is 11.4. The van der Waals surface area contributed by atoms with E-state index in [0.717, 1.165) is 11.3 Å². The monoisotopic (exact) mass is 360 g/mol. The molecule has 1 aliphatic rings. The Morgan fingerprint density at radius 1 is 1.08 bits per heavy atom. The van der Waals surface area contributed by atoms with E-state index in [1.165, 1.54) is 0 Å². The summed E-state index contributed by atoms with van der Waals surface area (Å²) in [6.07, 6.45) is 1.59. The van der Waals surface area contributed by atoms with E-state index in [9.17, 15) is 4.79 Å². The highest BCUT2D eigenvalue weighted by molar-refractivity contribution is 6.35. The van der Waals surface area contributed by atoms with E-state index in [-0.39, 0.29) is 11.6 Å². The van der Waals surface area contributed by atoms with Crippen molar-refractivity contribution in [2.75, 3.05) is 19.0 Å². The molecule has 0 fully saturated rings. The lowest BCUT2D eigenvalue weighted by Gasteiger charge is -2.12. The predicted molar refractivity (Wildman–Crippen MR) is 97.8 cm³/mol. The van der Waals surface area contributed by atoms with Crippen molar-refractivity contribution in [3.63, 3.8) is 0 Å². The molecule has 6 heteroatoms. The zero-order chi connectivity index (χ0) is 17.3. The van der Waals surface area contributed by atoms with E-state index in [2.05, 4.69) is 4.99 Å². The van der Waals surface area contributed by atoms with Crippen molar-refractivity contribution in [1.82, 2.24) is 0 Å². The fourth-order valence-corrected chi connectivity index (χ4v) is 2.66. The molecule has 4 nitrogen and oxygen atoms in total. The smallest absolute Gasteiger partial charge is 0.363 e. The van der Waals surface area contributed by atoms with Gasteiger partial charge in [0.25, 0.3) is 0 Å². The van der Waals surface area contributed by atoms with Gasteiger partial charge < -0.3 is 9.64 Å². The Kier molecular flexibility index (Phi) is 4.60. The van der Waals surface area contributed by atoms with Gasteiger partial charge >= 0.3 is 5.97 Å². The van der Waals surface area contributed by atoms with Crippen LogP contribution in [0.15, 0.2) is 53.2 Å². The molecule has 0 bridgehead atoms. The van der Waals surface area contributed by atoms with E-state index < -0.39 is 5.97 Å². The average molecular weight is 361 g/mol. The van der Waals surface area contributed by atoms with Crippen LogP contribution in [0.2, 0.25) is 10.0 Å². The molecule has 0 N–H and O–H groups in total. The largest absolute Gasteiger partial charge is 0.402 e. The van der Waals surface area contributed by atoms with E-state index in [1.54, 1.807) is 24.3 Å². The van der Waals surface area contributed by atoms with Crippen molar-refractivity contribution < 1.29 is 9.53 Å². The highest BCUT2D eigenvalue weighted by Crippen LogP contribution is 2.26. The minimum absolute atomic E-state index is 0.200. The maximum atomic E-state index is 12.0. The lowest BCUT2D eigenvalue weighted by atomic mass is 10.2. The fourth-order valence-electron chi connectivity index (χ4n) is 2.20. The van der Waals surface area contributed by atoms with Crippen LogP contribution in [0.25, 0.3) is 6.08 Å². The van der Waals surface area contributed by atoms with Crippen LogP contribution in [-0.2, 0) is 9.53 Å². The lowest BCUT2D eigenvalue weighted by Crippen LogP contribution is -2.09. The van der Waals surface area contributed by atoms with Gasteiger partial charge in [0.1, 0.15) is 0 Å². The summed E-state index contributed by atoms with van der Waals surface area (Å²) in [5.41, 5.74) is 2.64. The molecule has 0 atom stereocenters. The Bertz CT molecular complexity index is 856. The normalized spacial score (nSPS) is 15.4. The number of carbonyl (C=O) groups is 1. The third-order valence-corrected chi connectivity index (χ3v) is 4.07. The standard InChI is InChI=1S/C18H14Cl2N2O2/c1-22(2)14-7-4-11(5-8-14)17-21-16(18(23)24-17)9-12-3-6-13(19)10-15(12)20/h3-10H,1-2H3. The number of hydrogen-bond donors (Lipinski definition) is 0. The van der Waals surface area contributed by atoms with Gasteiger partial charge in [0.05, 0.1) is 0 Å². The Balaban J connectivity index is 1.91. The molecule has 1 heterocycles. The molecule has 0 unspecified atom stereocenters. The first-order valence-electron chi connectivity index (χ1n) is 7.19. The number of carbonyl (C=O) groups excluding carboxylic acids is 1. The van der Waals surface area contributed by atoms with Crippen LogP contribution in [-0.4, -0.2) is 26.0 Å². The Labute approximate surface area is 150 Å². The Hall–Kier alpha value is -2.30. The molecule has 2 aromatic carbocycles. The van der Waals surface area contributed by atoms with Crippen LogP contribution in [0, 0.1) is 0 Å². The van der Waals surface area contributed by atoms with Gasteiger partial charge in [0.2, 0.25) is 5.90 Å². The van der Waals surface area contributed by atoms with Gasteiger partial charge in [0.15, 0.2) is 5.70 Å². The second-order valence-electron chi connectivity index (χ2n) is 5.44. The highest BCUT2D eigenvalue weighted by Gasteiger charge is 2.24. The molecular formula is C18H14Cl2N2O2. The SMILES string of the molecule is CN(C)c1ccc(C2=NC(=Cc3ccc(Cl)cc3Cl)C(=O)O2)cc1. The molecule has 0 amide bonds. The molecule has 3 rings (SSSR count). The molecule has 0 saturated heterocycles. The second-order valence-corrected chi connectivity index (χ2v) is 6.29. The first-order valence-corrected chi connectivity index (χ1v) is 7.95. The minimum Gasteiger partial charge on any atom is -0.402 e. The molecule has 0 aromatic heterocycles. The number of hydrogen-bond acceptors (Lipinski definition) is 4. The van der Waals surface area contributed by atoms with Gasteiger partial charge in [-0.3, -0.25) is 0 Å². The van der Waals surface area contributed by atoms with Crippen LogP contribution in [0.5, 0.6) is 0 Å². The van der Waals surface area contributed by atoms with Gasteiger partial charge in [-0.05, 0) is 48.0 Å². The lowest BCUT2D eigenvalue weighted by molar-refractivity contribution is -0.129. The number of ether oxygens (including phenoxy) is 1. The molecule has 1 aliphatic heterocycles. The number of esters is 1. The minimum atomic E-state index is -0.507. The quantitative estimate of drug-likeness (QED) is 0.601. The molecule has 24 heavy (non-hydrogen) atoms. The summed E-state index contributed by atoms with van der Waals surface area (Å²) in [5.74, 6) is -0.227. The molecular weight excluding hydrogens is 347 g/mol. The van der Waals surface area contributed by atoms with Gasteiger partial charge in [-0.15, -0.1) is 0 Å². The molecule has 0 aliphatic carbocycles. The number of cyclic esters (lactones) is 1. The van der Waals surface area contributed by atoms with Crippen molar-refractivity contribution in [1.29, 1.82) is 0 Å². The predicted octanol–water partition coefficient (Wildman–Crippen LogP) is 4.40. The number of anilines is 1. The van der Waals surface area contributed by atoms with Crippen molar-refractivity contribution in [3.8, 4) is 0 Å². The van der Waals surface area contributed by atoms with Crippen molar-refractivity contribution in [2.24, 2.45) is 4.99 Å². The molecule has 122 valence electrons. The number of halogens is 2. The Morgan fingerprint density at radius 2 is 1.79 bits per heavy atom. The number of nitrogens with zero attached hydrogens (tertiary/aromatic N) is 2. The topological polar surface area (TPSA) is 41.9 Å². The van der Waals surface area contributed by atoms with Crippen LogP contribution in [0.4, 0.5) is 5.69 Å². The number of benzene rings is 2. The van der Waals surface area contributed by atoms with E-state index in [4.69, 9.17) is 27.9 Å². The third kappa shape index (κ3) is 3.45. The van der Waals surface area contributed by atoms with Gasteiger partial charge in [-0.25, -0.2) is 9.79 Å². The van der Waals surface area contributed by atoms with E-state index >= 15 is 0 Å². The Morgan fingerprint density at radius 3 is 2.42 bits per heavy atom. The maximum Gasteiger partial charge on any atom is 0.363 e. The van der Waals surface area contributed by atoms with Crippen molar-refractivity contribution >= 4 is 46.8 Å². The second kappa shape index (κ2) is 6.67. The third-order valence-electron chi connectivity index (χ3n) is 3.51. The maximum absolute atomic E-state index is 12.0. The van der Waals surface area contributed by atoms with Crippen LogP contribution >= 0.6 is 23.2 Å². The van der Waals surface area contributed by atoms with Crippen molar-refractivity contribution in [3.05, 3.63) is 69.3 Å². The molecule has 0 saturated carbocycles. The van der Waals surface area contributed by atoms with E-state index in [1.807, 2.05) is 43.3 Å². The summed E-state index contributed by atoms with van der Waals surface area (Å²) in [7, 11) is 3.91. The van der Waals surface area contributed by atoms with Gasteiger partial charge in [-0.1, -0.05) is 29.3 Å². The fraction of sp³-hybridized carbons (Fsp3) is 0.111. The average Bonchev–Trinajstić information content (AvgIpc) is 2.91. The molecule has 2 aromatic rings.